The molecule has 1 fully saturated rings. The van der Waals surface area contributed by atoms with Gasteiger partial charge in [0.25, 0.3) is 0 Å². The molecule has 31 heavy (non-hydrogen) atoms. The lowest BCUT2D eigenvalue weighted by Crippen LogP contribution is -2.39. The largest absolute Gasteiger partial charge is 0.454 e. The van der Waals surface area contributed by atoms with E-state index in [0.717, 1.165) is 40.4 Å². The number of benzene rings is 3. The fourth-order valence-electron chi connectivity index (χ4n) is 4.89. The maximum atomic E-state index is 13.5. The second kappa shape index (κ2) is 7.21. The second-order valence-corrected chi connectivity index (χ2v) is 8.23. The zero-order chi connectivity index (χ0) is 20.9. The Kier molecular flexibility index (Phi) is 4.33. The van der Waals surface area contributed by atoms with Crippen LogP contribution in [0.3, 0.4) is 0 Å². The number of ether oxygens (including phenoxy) is 2. The first-order valence-electron chi connectivity index (χ1n) is 10.4. The molecule has 6 rings (SSSR count). The van der Waals surface area contributed by atoms with Crippen molar-refractivity contribution < 1.29 is 18.3 Å². The van der Waals surface area contributed by atoms with Crippen molar-refractivity contribution in [3.8, 4) is 11.5 Å². The smallest absolute Gasteiger partial charge is 0.231 e. The molecule has 0 spiro atoms. The average Bonchev–Trinajstić information content (AvgIpc) is 3.41. The summed E-state index contributed by atoms with van der Waals surface area (Å²) in [6.45, 7) is 1.64. The summed E-state index contributed by atoms with van der Waals surface area (Å²) in [7, 11) is 0. The molecule has 3 aromatic rings. The number of nitrogens with zero attached hydrogens (tertiary/aromatic N) is 1. The third kappa shape index (κ3) is 3.21. The van der Waals surface area contributed by atoms with Crippen LogP contribution in [0.4, 0.5) is 14.5 Å². The highest BCUT2D eigenvalue weighted by Gasteiger charge is 2.44. The number of nitrogens with one attached hydrogen (secondary N) is 2. The van der Waals surface area contributed by atoms with Gasteiger partial charge >= 0.3 is 0 Å². The van der Waals surface area contributed by atoms with Crippen molar-refractivity contribution in [1.82, 2.24) is 10.9 Å². The van der Waals surface area contributed by atoms with Gasteiger partial charge in [0.1, 0.15) is 11.6 Å². The van der Waals surface area contributed by atoms with Gasteiger partial charge in [-0.05, 0) is 47.0 Å². The minimum absolute atomic E-state index is 0.0277. The molecule has 3 atom stereocenters. The van der Waals surface area contributed by atoms with Crippen molar-refractivity contribution in [1.29, 1.82) is 0 Å². The van der Waals surface area contributed by atoms with Crippen LogP contribution in [0.2, 0.25) is 0 Å². The third-order valence-corrected chi connectivity index (χ3v) is 6.40. The van der Waals surface area contributed by atoms with E-state index in [-0.39, 0.29) is 36.4 Å². The average molecular weight is 421 g/mol. The maximum Gasteiger partial charge on any atom is 0.231 e. The lowest BCUT2D eigenvalue weighted by Gasteiger charge is -2.39. The van der Waals surface area contributed by atoms with E-state index in [1.165, 1.54) is 24.3 Å². The molecule has 7 heteroatoms. The van der Waals surface area contributed by atoms with E-state index in [2.05, 4.69) is 15.8 Å². The van der Waals surface area contributed by atoms with Gasteiger partial charge in [-0.25, -0.2) is 19.6 Å². The number of rotatable bonds is 3. The van der Waals surface area contributed by atoms with Gasteiger partial charge in [0.2, 0.25) is 6.79 Å². The number of halogens is 2. The summed E-state index contributed by atoms with van der Waals surface area (Å²) >= 11 is 0. The van der Waals surface area contributed by atoms with E-state index in [1.54, 1.807) is 0 Å². The Balaban J connectivity index is 1.39. The summed E-state index contributed by atoms with van der Waals surface area (Å²) in [5.74, 6) is 1.20. The SMILES string of the molecule is Fc1ccc(CN2CC3C(c4ccc(F)cc4)NNC3c3cc4c(cc32)OCO4)cc1. The van der Waals surface area contributed by atoms with Crippen LogP contribution in [0, 0.1) is 17.6 Å². The van der Waals surface area contributed by atoms with E-state index < -0.39 is 0 Å². The molecule has 3 aliphatic heterocycles. The monoisotopic (exact) mass is 421 g/mol. The molecule has 0 aliphatic carbocycles. The van der Waals surface area contributed by atoms with Crippen LogP contribution in [0.15, 0.2) is 60.7 Å². The highest BCUT2D eigenvalue weighted by molar-refractivity contribution is 5.66. The molecule has 0 bridgehead atoms. The summed E-state index contributed by atoms with van der Waals surface area (Å²) in [6, 6.07) is 17.4. The predicted molar refractivity (Wildman–Crippen MR) is 112 cm³/mol. The molecule has 5 nitrogen and oxygen atoms in total. The summed E-state index contributed by atoms with van der Waals surface area (Å²) in [5, 5.41) is 0. The van der Waals surface area contributed by atoms with Gasteiger partial charge in [0.05, 0.1) is 12.1 Å². The van der Waals surface area contributed by atoms with Crippen LogP contribution < -0.4 is 25.2 Å². The molecule has 158 valence electrons. The fourth-order valence-corrected chi connectivity index (χ4v) is 4.89. The van der Waals surface area contributed by atoms with Gasteiger partial charge in [0.15, 0.2) is 11.5 Å². The number of hydrogen-bond acceptors (Lipinski definition) is 5. The number of hydrogen-bond donors (Lipinski definition) is 2. The first-order valence-corrected chi connectivity index (χ1v) is 10.4. The molecule has 1 saturated heterocycles. The second-order valence-electron chi connectivity index (χ2n) is 8.23. The van der Waals surface area contributed by atoms with Crippen molar-refractivity contribution in [2.75, 3.05) is 18.2 Å². The molecule has 3 aromatic carbocycles. The van der Waals surface area contributed by atoms with Gasteiger partial charge in [-0.15, -0.1) is 0 Å². The van der Waals surface area contributed by atoms with Gasteiger partial charge in [-0.1, -0.05) is 24.3 Å². The highest BCUT2D eigenvalue weighted by atomic mass is 19.1. The minimum Gasteiger partial charge on any atom is -0.454 e. The Morgan fingerprint density at radius 1 is 0.839 bits per heavy atom. The molecular formula is C24H21F2N3O2. The van der Waals surface area contributed by atoms with Crippen molar-refractivity contribution in [2.45, 2.75) is 18.6 Å². The first-order chi connectivity index (χ1) is 15.2. The van der Waals surface area contributed by atoms with E-state index >= 15 is 0 Å². The quantitative estimate of drug-likeness (QED) is 0.663. The number of fused-ring (bicyclic) bond motifs is 4. The minimum atomic E-state index is -0.245. The zero-order valence-corrected chi connectivity index (χ0v) is 16.6. The fraction of sp³-hybridized carbons (Fsp3) is 0.250. The molecule has 0 radical (unpaired) electrons. The van der Waals surface area contributed by atoms with Crippen LogP contribution >= 0.6 is 0 Å². The van der Waals surface area contributed by atoms with Crippen LogP contribution in [-0.4, -0.2) is 13.3 Å². The van der Waals surface area contributed by atoms with Gasteiger partial charge in [0, 0.05) is 30.8 Å². The molecule has 3 heterocycles. The molecule has 0 saturated carbocycles. The predicted octanol–water partition coefficient (Wildman–Crippen LogP) is 4.22. The molecule has 0 amide bonds. The lowest BCUT2D eigenvalue weighted by atomic mass is 9.81. The number of hydrazine groups is 1. The van der Waals surface area contributed by atoms with Crippen molar-refractivity contribution in [3.05, 3.63) is 89.0 Å². The standard InChI is InChI=1S/C24H21F2N3O2/c25-16-5-1-14(2-6-16)11-29-12-19-23(15-3-7-17(26)8-4-15)27-28-24(19)18-9-21-22(10-20(18)29)31-13-30-21/h1-10,19,23-24,27-28H,11-13H2. The summed E-state index contributed by atoms with van der Waals surface area (Å²) in [6.07, 6.45) is 0. The summed E-state index contributed by atoms with van der Waals surface area (Å²) in [5.41, 5.74) is 11.1. The molecule has 0 aromatic heterocycles. The first kappa shape index (κ1) is 18.6. The highest BCUT2D eigenvalue weighted by Crippen LogP contribution is 2.49. The molecule has 3 unspecified atom stereocenters. The van der Waals surface area contributed by atoms with Gasteiger partial charge in [-0.3, -0.25) is 0 Å². The molecule has 3 aliphatic rings. The lowest BCUT2D eigenvalue weighted by molar-refractivity contribution is 0.174. The zero-order valence-electron chi connectivity index (χ0n) is 16.6. The summed E-state index contributed by atoms with van der Waals surface area (Å²) in [4.78, 5) is 2.30. The Labute approximate surface area is 178 Å². The van der Waals surface area contributed by atoms with Crippen LogP contribution in [0.5, 0.6) is 11.5 Å². The van der Waals surface area contributed by atoms with Gasteiger partial charge < -0.3 is 14.4 Å². The Bertz CT molecular complexity index is 1120. The Morgan fingerprint density at radius 2 is 1.48 bits per heavy atom. The van der Waals surface area contributed by atoms with E-state index in [9.17, 15) is 8.78 Å². The van der Waals surface area contributed by atoms with E-state index in [4.69, 9.17) is 9.47 Å². The Morgan fingerprint density at radius 3 is 2.23 bits per heavy atom. The topological polar surface area (TPSA) is 45.8 Å². The van der Waals surface area contributed by atoms with Crippen molar-refractivity contribution in [3.63, 3.8) is 0 Å². The van der Waals surface area contributed by atoms with E-state index in [1.807, 2.05) is 36.4 Å². The van der Waals surface area contributed by atoms with Crippen LogP contribution in [0.1, 0.15) is 28.8 Å². The van der Waals surface area contributed by atoms with Crippen molar-refractivity contribution >= 4 is 5.69 Å². The van der Waals surface area contributed by atoms with Crippen LogP contribution in [-0.2, 0) is 6.54 Å². The van der Waals surface area contributed by atoms with E-state index in [0.29, 0.717) is 6.54 Å². The molecule has 2 N–H and O–H groups in total. The Hall–Kier alpha value is -3.16. The number of anilines is 1. The normalized spacial score (nSPS) is 23.5. The summed E-state index contributed by atoms with van der Waals surface area (Å²) < 4.78 is 38.1. The maximum absolute atomic E-state index is 13.5. The van der Waals surface area contributed by atoms with Crippen molar-refractivity contribution in [2.24, 2.45) is 5.92 Å². The third-order valence-electron chi connectivity index (χ3n) is 6.40. The van der Waals surface area contributed by atoms with Gasteiger partial charge in [-0.2, -0.15) is 0 Å². The van der Waals surface area contributed by atoms with Crippen LogP contribution in [0.25, 0.3) is 0 Å². The molecular weight excluding hydrogens is 400 g/mol.